The summed E-state index contributed by atoms with van der Waals surface area (Å²) in [4.78, 5) is 4.25. The zero-order chi connectivity index (χ0) is 10.8. The van der Waals surface area contributed by atoms with Crippen LogP contribution in [0.25, 0.3) is 0 Å². The number of nitrogens with zero attached hydrogens (tertiary/aromatic N) is 1. The second-order valence-electron chi connectivity index (χ2n) is 4.09. The summed E-state index contributed by atoms with van der Waals surface area (Å²) in [5.41, 5.74) is -0.315. The summed E-state index contributed by atoms with van der Waals surface area (Å²) >= 11 is 0. The first-order valence-corrected chi connectivity index (χ1v) is 4.78. The van der Waals surface area contributed by atoms with Gasteiger partial charge in [-0.2, -0.15) is 0 Å². The smallest absolute Gasteiger partial charge is 0.126 e. The molecule has 1 rings (SSSR count). The Bertz CT molecular complexity index is 304. The van der Waals surface area contributed by atoms with Crippen molar-refractivity contribution in [3.63, 3.8) is 0 Å². The zero-order valence-electron chi connectivity index (χ0n) is 9.13. The second kappa shape index (κ2) is 3.95. The SMILES string of the molecule is Cc1cccc(N[C@@H](C)C(C)(C)F)n1. The lowest BCUT2D eigenvalue weighted by atomic mass is 10.0. The van der Waals surface area contributed by atoms with Gasteiger partial charge in [-0.25, -0.2) is 9.37 Å². The first-order chi connectivity index (χ1) is 6.39. The molecule has 0 fully saturated rings. The molecule has 0 aliphatic carbocycles. The Morgan fingerprint density at radius 1 is 1.43 bits per heavy atom. The number of nitrogens with one attached hydrogen (secondary N) is 1. The van der Waals surface area contributed by atoms with E-state index < -0.39 is 5.67 Å². The van der Waals surface area contributed by atoms with Crippen molar-refractivity contribution in [1.29, 1.82) is 0 Å². The fourth-order valence-electron chi connectivity index (χ4n) is 1.02. The summed E-state index contributed by atoms with van der Waals surface area (Å²) in [5.74, 6) is 0.725. The number of rotatable bonds is 3. The molecule has 0 saturated carbocycles. The molecule has 1 aromatic rings. The molecule has 1 aromatic heterocycles. The number of hydrogen-bond acceptors (Lipinski definition) is 2. The van der Waals surface area contributed by atoms with Crippen LogP contribution < -0.4 is 5.32 Å². The highest BCUT2D eigenvalue weighted by molar-refractivity contribution is 5.36. The Morgan fingerprint density at radius 2 is 2.07 bits per heavy atom. The van der Waals surface area contributed by atoms with Gasteiger partial charge in [0.25, 0.3) is 0 Å². The molecule has 1 heterocycles. The molecular formula is C11H17FN2. The normalized spacial score (nSPS) is 13.8. The van der Waals surface area contributed by atoms with Crippen LogP contribution in [-0.2, 0) is 0 Å². The van der Waals surface area contributed by atoms with Crippen LogP contribution in [0.5, 0.6) is 0 Å². The molecule has 1 atom stereocenters. The molecule has 78 valence electrons. The van der Waals surface area contributed by atoms with Gasteiger partial charge in [-0.05, 0) is 39.8 Å². The van der Waals surface area contributed by atoms with Crippen LogP contribution in [0.15, 0.2) is 18.2 Å². The van der Waals surface area contributed by atoms with Crippen molar-refractivity contribution in [3.05, 3.63) is 23.9 Å². The van der Waals surface area contributed by atoms with Crippen LogP contribution in [0.4, 0.5) is 10.2 Å². The van der Waals surface area contributed by atoms with Crippen molar-refractivity contribution in [1.82, 2.24) is 4.98 Å². The monoisotopic (exact) mass is 196 g/mol. The topological polar surface area (TPSA) is 24.9 Å². The summed E-state index contributed by atoms with van der Waals surface area (Å²) in [7, 11) is 0. The van der Waals surface area contributed by atoms with E-state index in [9.17, 15) is 4.39 Å². The third-order valence-corrected chi connectivity index (χ3v) is 2.28. The van der Waals surface area contributed by atoms with Crippen molar-refractivity contribution in [2.45, 2.75) is 39.4 Å². The Kier molecular flexibility index (Phi) is 3.09. The van der Waals surface area contributed by atoms with Crippen molar-refractivity contribution in [3.8, 4) is 0 Å². The van der Waals surface area contributed by atoms with Gasteiger partial charge in [0.1, 0.15) is 11.5 Å². The van der Waals surface area contributed by atoms with E-state index in [1.165, 1.54) is 0 Å². The Labute approximate surface area is 84.6 Å². The maximum Gasteiger partial charge on any atom is 0.126 e. The average Bonchev–Trinajstić information content (AvgIpc) is 2.02. The number of hydrogen-bond donors (Lipinski definition) is 1. The summed E-state index contributed by atoms with van der Waals surface area (Å²) in [6.07, 6.45) is 0. The average molecular weight is 196 g/mol. The summed E-state index contributed by atoms with van der Waals surface area (Å²) in [6, 6.07) is 5.41. The molecule has 1 N–H and O–H groups in total. The molecule has 14 heavy (non-hydrogen) atoms. The van der Waals surface area contributed by atoms with Gasteiger partial charge in [0.2, 0.25) is 0 Å². The molecule has 0 unspecified atom stereocenters. The van der Waals surface area contributed by atoms with E-state index in [2.05, 4.69) is 10.3 Å². The molecule has 0 spiro atoms. The number of halogens is 1. The lowest BCUT2D eigenvalue weighted by Gasteiger charge is -2.24. The largest absolute Gasteiger partial charge is 0.364 e. The first-order valence-electron chi connectivity index (χ1n) is 4.78. The highest BCUT2D eigenvalue weighted by Gasteiger charge is 2.24. The molecule has 0 aromatic carbocycles. The van der Waals surface area contributed by atoms with Gasteiger partial charge >= 0.3 is 0 Å². The lowest BCUT2D eigenvalue weighted by molar-refractivity contribution is 0.192. The van der Waals surface area contributed by atoms with Gasteiger partial charge in [0.15, 0.2) is 0 Å². The summed E-state index contributed by atoms with van der Waals surface area (Å²) < 4.78 is 13.5. The van der Waals surface area contributed by atoms with E-state index >= 15 is 0 Å². The van der Waals surface area contributed by atoms with E-state index in [1.54, 1.807) is 13.8 Å². The predicted octanol–water partition coefficient (Wildman–Crippen LogP) is 2.94. The van der Waals surface area contributed by atoms with Gasteiger partial charge in [-0.3, -0.25) is 0 Å². The van der Waals surface area contributed by atoms with Gasteiger partial charge in [0.05, 0.1) is 6.04 Å². The van der Waals surface area contributed by atoms with E-state index in [1.807, 2.05) is 32.0 Å². The van der Waals surface area contributed by atoms with Crippen molar-refractivity contribution in [2.24, 2.45) is 0 Å². The van der Waals surface area contributed by atoms with Gasteiger partial charge in [0, 0.05) is 5.69 Å². The van der Waals surface area contributed by atoms with Crippen molar-refractivity contribution >= 4 is 5.82 Å². The van der Waals surface area contributed by atoms with Gasteiger partial charge < -0.3 is 5.32 Å². The number of aromatic nitrogens is 1. The second-order valence-corrected chi connectivity index (χ2v) is 4.09. The third kappa shape index (κ3) is 2.98. The standard InChI is InChI=1S/C11H17FN2/c1-8-6-5-7-10(13-8)14-9(2)11(3,4)12/h5-7,9H,1-4H3,(H,13,14)/t9-/m0/s1. The van der Waals surface area contributed by atoms with Gasteiger partial charge in [-0.15, -0.1) is 0 Å². The maximum atomic E-state index is 13.5. The number of alkyl halides is 1. The first kappa shape index (κ1) is 11.0. The zero-order valence-corrected chi connectivity index (χ0v) is 9.13. The molecule has 0 amide bonds. The molecule has 0 aliphatic rings. The highest BCUT2D eigenvalue weighted by atomic mass is 19.1. The quantitative estimate of drug-likeness (QED) is 0.804. The number of aryl methyl sites for hydroxylation is 1. The van der Waals surface area contributed by atoms with Crippen LogP contribution in [-0.4, -0.2) is 16.7 Å². The molecule has 3 heteroatoms. The fraction of sp³-hybridized carbons (Fsp3) is 0.545. The minimum atomic E-state index is -1.24. The number of anilines is 1. The Hall–Kier alpha value is -1.12. The van der Waals surface area contributed by atoms with Crippen LogP contribution in [0.1, 0.15) is 26.5 Å². The van der Waals surface area contributed by atoms with E-state index in [4.69, 9.17) is 0 Å². The Morgan fingerprint density at radius 3 is 2.57 bits per heavy atom. The van der Waals surface area contributed by atoms with Crippen molar-refractivity contribution < 1.29 is 4.39 Å². The summed E-state index contributed by atoms with van der Waals surface area (Å²) in [5, 5.41) is 3.04. The minimum absolute atomic E-state index is 0.253. The third-order valence-electron chi connectivity index (χ3n) is 2.28. The van der Waals surface area contributed by atoms with E-state index in [0.717, 1.165) is 11.5 Å². The fourth-order valence-corrected chi connectivity index (χ4v) is 1.02. The van der Waals surface area contributed by atoms with Crippen molar-refractivity contribution in [2.75, 3.05) is 5.32 Å². The highest BCUT2D eigenvalue weighted by Crippen LogP contribution is 2.17. The summed E-state index contributed by atoms with van der Waals surface area (Å²) in [6.45, 7) is 6.83. The van der Waals surface area contributed by atoms with Crippen LogP contribution in [0, 0.1) is 6.92 Å². The maximum absolute atomic E-state index is 13.5. The van der Waals surface area contributed by atoms with Gasteiger partial charge in [-0.1, -0.05) is 6.07 Å². The molecule has 0 radical (unpaired) electrons. The minimum Gasteiger partial charge on any atom is -0.364 e. The van der Waals surface area contributed by atoms with Crippen LogP contribution in [0.2, 0.25) is 0 Å². The Balaban J connectivity index is 2.70. The van der Waals surface area contributed by atoms with Crippen LogP contribution >= 0.6 is 0 Å². The molecular weight excluding hydrogens is 179 g/mol. The molecule has 2 nitrogen and oxygen atoms in total. The molecule has 0 saturated heterocycles. The predicted molar refractivity (Wildman–Crippen MR) is 57.2 cm³/mol. The van der Waals surface area contributed by atoms with Crippen LogP contribution in [0.3, 0.4) is 0 Å². The lowest BCUT2D eigenvalue weighted by Crippen LogP contribution is -2.35. The van der Waals surface area contributed by atoms with E-state index in [-0.39, 0.29) is 6.04 Å². The molecule has 0 aliphatic heterocycles. The number of pyridine rings is 1. The van der Waals surface area contributed by atoms with E-state index in [0.29, 0.717) is 0 Å². The molecule has 0 bridgehead atoms.